The largest absolute Gasteiger partial charge is 0.372 e. The summed E-state index contributed by atoms with van der Waals surface area (Å²) in [6, 6.07) is 17.2. The topological polar surface area (TPSA) is 41.6 Å². The fraction of sp³-hybridized carbons (Fsp3) is 0.316. The molecule has 1 aliphatic rings. The molecule has 3 rings (SSSR count). The molecule has 1 heterocycles. The monoisotopic (exact) mass is 344 g/mol. The molecule has 0 aromatic heterocycles. The van der Waals surface area contributed by atoms with Crippen molar-refractivity contribution in [3.63, 3.8) is 0 Å². The molecular weight excluding hydrogens is 324 g/mol. The van der Waals surface area contributed by atoms with E-state index in [0.29, 0.717) is 23.9 Å². The zero-order valence-electron chi connectivity index (χ0n) is 13.5. The lowest BCUT2D eigenvalue weighted by molar-refractivity contribution is 0.00102. The number of urea groups is 1. The molecule has 1 fully saturated rings. The molecular formula is C19H21ClN2O2. The number of rotatable bonds is 4. The number of hydrogen-bond donors (Lipinski definition) is 1. The first-order valence-corrected chi connectivity index (χ1v) is 8.55. The summed E-state index contributed by atoms with van der Waals surface area (Å²) in [4.78, 5) is 14.2. The summed E-state index contributed by atoms with van der Waals surface area (Å²) in [5.41, 5.74) is 1.86. The fourth-order valence-corrected chi connectivity index (χ4v) is 3.01. The van der Waals surface area contributed by atoms with Crippen LogP contribution in [0.5, 0.6) is 0 Å². The van der Waals surface area contributed by atoms with Crippen LogP contribution in [0.15, 0.2) is 54.6 Å². The minimum absolute atomic E-state index is 0.0732. The predicted octanol–water partition coefficient (Wildman–Crippen LogP) is 4.55. The first kappa shape index (κ1) is 16.8. The van der Waals surface area contributed by atoms with Crippen LogP contribution in [0.2, 0.25) is 5.02 Å². The minimum atomic E-state index is -0.106. The Morgan fingerprint density at radius 1 is 1.21 bits per heavy atom. The molecule has 24 heavy (non-hydrogen) atoms. The molecule has 1 N–H and O–H groups in total. The SMILES string of the molecule is O=C(Nc1cccc(Cl)c1)N1CCC[C@@H](OCc2ccccc2)C1. The van der Waals surface area contributed by atoms with Gasteiger partial charge in [0.25, 0.3) is 0 Å². The van der Waals surface area contributed by atoms with Crippen molar-refractivity contribution in [2.45, 2.75) is 25.6 Å². The second-order valence-corrected chi connectivity index (χ2v) is 6.38. The van der Waals surface area contributed by atoms with Crippen molar-refractivity contribution in [1.29, 1.82) is 0 Å². The van der Waals surface area contributed by atoms with Crippen molar-refractivity contribution >= 4 is 23.3 Å². The van der Waals surface area contributed by atoms with Gasteiger partial charge in [0.2, 0.25) is 0 Å². The number of anilines is 1. The lowest BCUT2D eigenvalue weighted by Crippen LogP contribution is -2.45. The van der Waals surface area contributed by atoms with E-state index in [0.717, 1.165) is 24.9 Å². The lowest BCUT2D eigenvalue weighted by Gasteiger charge is -2.32. The Morgan fingerprint density at radius 2 is 2.04 bits per heavy atom. The number of benzene rings is 2. The summed E-state index contributed by atoms with van der Waals surface area (Å²) in [6.45, 7) is 1.94. The van der Waals surface area contributed by atoms with Crippen molar-refractivity contribution in [2.24, 2.45) is 0 Å². The van der Waals surface area contributed by atoms with Gasteiger partial charge in [-0.15, -0.1) is 0 Å². The molecule has 1 saturated heterocycles. The van der Waals surface area contributed by atoms with Gasteiger partial charge in [-0.2, -0.15) is 0 Å². The molecule has 2 aromatic carbocycles. The van der Waals surface area contributed by atoms with E-state index < -0.39 is 0 Å². The van der Waals surface area contributed by atoms with Crippen molar-refractivity contribution < 1.29 is 9.53 Å². The molecule has 0 saturated carbocycles. The summed E-state index contributed by atoms with van der Waals surface area (Å²) < 4.78 is 5.98. The van der Waals surface area contributed by atoms with E-state index in [4.69, 9.17) is 16.3 Å². The second kappa shape index (κ2) is 8.18. The van der Waals surface area contributed by atoms with Gasteiger partial charge in [-0.05, 0) is 36.6 Å². The molecule has 4 nitrogen and oxygen atoms in total. The number of carbonyl (C=O) groups excluding carboxylic acids is 1. The van der Waals surface area contributed by atoms with Crippen LogP contribution in [-0.4, -0.2) is 30.1 Å². The fourth-order valence-electron chi connectivity index (χ4n) is 2.82. The third-order valence-electron chi connectivity index (χ3n) is 4.07. The average Bonchev–Trinajstić information content (AvgIpc) is 2.61. The van der Waals surface area contributed by atoms with Gasteiger partial charge in [-0.25, -0.2) is 4.79 Å². The van der Waals surface area contributed by atoms with Crippen molar-refractivity contribution in [3.8, 4) is 0 Å². The first-order valence-electron chi connectivity index (χ1n) is 8.18. The van der Waals surface area contributed by atoms with Gasteiger partial charge in [0.1, 0.15) is 0 Å². The molecule has 0 aliphatic carbocycles. The lowest BCUT2D eigenvalue weighted by atomic mass is 10.1. The molecule has 2 aromatic rings. The average molecular weight is 345 g/mol. The Bertz CT molecular complexity index is 678. The molecule has 1 aliphatic heterocycles. The number of piperidine rings is 1. The van der Waals surface area contributed by atoms with Gasteiger partial charge < -0.3 is 15.0 Å². The zero-order chi connectivity index (χ0) is 16.8. The number of likely N-dealkylation sites (tertiary alicyclic amines) is 1. The third kappa shape index (κ3) is 4.73. The summed E-state index contributed by atoms with van der Waals surface area (Å²) in [5.74, 6) is 0. The molecule has 1 atom stereocenters. The highest BCUT2D eigenvalue weighted by atomic mass is 35.5. The Hall–Kier alpha value is -2.04. The normalized spacial score (nSPS) is 17.5. The molecule has 5 heteroatoms. The maximum atomic E-state index is 12.4. The molecule has 0 bridgehead atoms. The summed E-state index contributed by atoms with van der Waals surface area (Å²) in [6.07, 6.45) is 2.00. The first-order chi connectivity index (χ1) is 11.7. The maximum absolute atomic E-state index is 12.4. The summed E-state index contributed by atoms with van der Waals surface area (Å²) in [7, 11) is 0. The van der Waals surface area contributed by atoms with E-state index in [1.54, 1.807) is 17.0 Å². The van der Waals surface area contributed by atoms with E-state index in [-0.39, 0.29) is 12.1 Å². The van der Waals surface area contributed by atoms with Crippen LogP contribution in [0.1, 0.15) is 18.4 Å². The standard InChI is InChI=1S/C19H21ClN2O2/c20-16-8-4-9-17(12-16)21-19(23)22-11-5-10-18(13-22)24-14-15-6-2-1-3-7-15/h1-4,6-9,12,18H,5,10-11,13-14H2,(H,21,23)/t18-/m1/s1. The van der Waals surface area contributed by atoms with Crippen LogP contribution >= 0.6 is 11.6 Å². The molecule has 0 unspecified atom stereocenters. The van der Waals surface area contributed by atoms with Gasteiger partial charge in [0.15, 0.2) is 0 Å². The predicted molar refractivity (Wildman–Crippen MR) is 96.3 cm³/mol. The van der Waals surface area contributed by atoms with Gasteiger partial charge in [0.05, 0.1) is 12.7 Å². The minimum Gasteiger partial charge on any atom is -0.372 e. The third-order valence-corrected chi connectivity index (χ3v) is 4.30. The second-order valence-electron chi connectivity index (χ2n) is 5.95. The van der Waals surface area contributed by atoms with Crippen LogP contribution in [0.25, 0.3) is 0 Å². The molecule has 126 valence electrons. The molecule has 0 spiro atoms. The summed E-state index contributed by atoms with van der Waals surface area (Å²) in [5, 5.41) is 3.50. The van der Waals surface area contributed by atoms with Crippen molar-refractivity contribution in [1.82, 2.24) is 4.90 Å². The zero-order valence-corrected chi connectivity index (χ0v) is 14.2. The molecule has 2 amide bonds. The van der Waals surface area contributed by atoms with Gasteiger partial charge in [-0.3, -0.25) is 0 Å². The Kier molecular flexibility index (Phi) is 5.72. The number of halogens is 1. The number of nitrogens with zero attached hydrogens (tertiary/aromatic N) is 1. The van der Waals surface area contributed by atoms with Crippen LogP contribution in [-0.2, 0) is 11.3 Å². The van der Waals surface area contributed by atoms with Crippen LogP contribution in [0.4, 0.5) is 10.5 Å². The highest BCUT2D eigenvalue weighted by Crippen LogP contribution is 2.18. The molecule has 0 radical (unpaired) electrons. The smallest absolute Gasteiger partial charge is 0.321 e. The highest BCUT2D eigenvalue weighted by Gasteiger charge is 2.24. The van der Waals surface area contributed by atoms with Gasteiger partial charge in [-0.1, -0.05) is 48.0 Å². The van der Waals surface area contributed by atoms with Gasteiger partial charge >= 0.3 is 6.03 Å². The summed E-state index contributed by atoms with van der Waals surface area (Å²) >= 11 is 5.95. The van der Waals surface area contributed by atoms with E-state index in [1.807, 2.05) is 42.5 Å². The maximum Gasteiger partial charge on any atom is 0.321 e. The Morgan fingerprint density at radius 3 is 2.83 bits per heavy atom. The van der Waals surface area contributed by atoms with E-state index >= 15 is 0 Å². The van der Waals surface area contributed by atoms with Crippen LogP contribution < -0.4 is 5.32 Å². The van der Waals surface area contributed by atoms with Crippen LogP contribution in [0.3, 0.4) is 0 Å². The highest BCUT2D eigenvalue weighted by molar-refractivity contribution is 6.30. The number of carbonyl (C=O) groups is 1. The quantitative estimate of drug-likeness (QED) is 0.883. The van der Waals surface area contributed by atoms with E-state index in [9.17, 15) is 4.79 Å². The Labute approximate surface area is 147 Å². The van der Waals surface area contributed by atoms with Crippen molar-refractivity contribution in [2.75, 3.05) is 18.4 Å². The number of hydrogen-bond acceptors (Lipinski definition) is 2. The number of nitrogens with one attached hydrogen (secondary N) is 1. The van der Waals surface area contributed by atoms with E-state index in [1.165, 1.54) is 0 Å². The van der Waals surface area contributed by atoms with Gasteiger partial charge in [0, 0.05) is 23.8 Å². The number of amides is 2. The Balaban J connectivity index is 1.52. The van der Waals surface area contributed by atoms with E-state index in [2.05, 4.69) is 5.32 Å². The van der Waals surface area contributed by atoms with Crippen LogP contribution in [0, 0.1) is 0 Å². The van der Waals surface area contributed by atoms with Crippen molar-refractivity contribution in [3.05, 3.63) is 65.2 Å². The number of ether oxygens (including phenoxy) is 1.